The second-order valence-corrected chi connectivity index (χ2v) is 5.62. The molecule has 0 amide bonds. The first-order valence-electron chi connectivity index (χ1n) is 6.24. The van der Waals surface area contributed by atoms with Crippen LogP contribution in [0.3, 0.4) is 0 Å². The Morgan fingerprint density at radius 2 is 2.11 bits per heavy atom. The molecule has 0 aromatic heterocycles. The van der Waals surface area contributed by atoms with Crippen molar-refractivity contribution in [3.63, 3.8) is 0 Å². The van der Waals surface area contributed by atoms with Gasteiger partial charge in [-0.15, -0.1) is 0 Å². The van der Waals surface area contributed by atoms with Gasteiger partial charge < -0.3 is 10.4 Å². The topological polar surface area (TPSA) is 49.3 Å². The predicted molar refractivity (Wildman–Crippen MR) is 78.3 cm³/mol. The Morgan fingerprint density at radius 3 is 2.67 bits per heavy atom. The number of aromatic carboxylic acids is 1. The van der Waals surface area contributed by atoms with Gasteiger partial charge in [0.1, 0.15) is 0 Å². The van der Waals surface area contributed by atoms with Crippen LogP contribution in [0.5, 0.6) is 0 Å². The molecule has 0 saturated carbocycles. The smallest absolute Gasteiger partial charge is 0.338 e. The molecule has 2 unspecified atom stereocenters. The number of benzene rings is 1. The molecule has 0 bridgehead atoms. The van der Waals surface area contributed by atoms with Gasteiger partial charge in [0.15, 0.2) is 0 Å². The third-order valence-electron chi connectivity index (χ3n) is 3.08. The van der Waals surface area contributed by atoms with E-state index >= 15 is 0 Å². The zero-order chi connectivity index (χ0) is 13.7. The van der Waals surface area contributed by atoms with E-state index in [1.54, 1.807) is 12.1 Å². The van der Waals surface area contributed by atoms with Crippen molar-refractivity contribution in [1.82, 2.24) is 0 Å². The van der Waals surface area contributed by atoms with Crippen molar-refractivity contribution in [2.24, 2.45) is 5.92 Å². The summed E-state index contributed by atoms with van der Waals surface area (Å²) in [5.41, 5.74) is 0.973. The normalized spacial score (nSPS) is 14.0. The van der Waals surface area contributed by atoms with Crippen LogP contribution in [-0.4, -0.2) is 17.1 Å². The Hall–Kier alpha value is -1.03. The largest absolute Gasteiger partial charge is 0.478 e. The number of halogens is 1. The number of anilines is 1. The Morgan fingerprint density at radius 1 is 1.44 bits per heavy atom. The molecule has 1 rings (SSSR count). The minimum Gasteiger partial charge on any atom is -0.478 e. The Bertz CT molecular complexity index is 420. The van der Waals surface area contributed by atoms with Crippen LogP contribution < -0.4 is 5.32 Å². The van der Waals surface area contributed by atoms with E-state index in [1.807, 2.05) is 6.07 Å². The van der Waals surface area contributed by atoms with Gasteiger partial charge in [-0.25, -0.2) is 4.79 Å². The standard InChI is InChI=1S/C14H20BrNO2/c1-4-9(2)8-10(3)16-12-7-5-6-11(15)13(12)14(17)18/h5-7,9-10,16H,4,8H2,1-3H3,(H,17,18). The zero-order valence-electron chi connectivity index (χ0n) is 11.0. The average molecular weight is 314 g/mol. The fourth-order valence-corrected chi connectivity index (χ4v) is 2.49. The fourth-order valence-electron chi connectivity index (χ4n) is 1.96. The second-order valence-electron chi connectivity index (χ2n) is 4.76. The first kappa shape index (κ1) is 15.0. The van der Waals surface area contributed by atoms with Gasteiger partial charge in [0.05, 0.1) is 11.3 Å². The lowest BCUT2D eigenvalue weighted by molar-refractivity contribution is 0.0697. The molecule has 0 saturated heterocycles. The Kier molecular flexibility index (Phi) is 5.66. The van der Waals surface area contributed by atoms with E-state index in [2.05, 4.69) is 42.0 Å². The maximum atomic E-state index is 11.2. The average Bonchev–Trinajstić information content (AvgIpc) is 2.28. The molecule has 0 fully saturated rings. The summed E-state index contributed by atoms with van der Waals surface area (Å²) in [5.74, 6) is -0.284. The van der Waals surface area contributed by atoms with Gasteiger partial charge in [-0.3, -0.25) is 0 Å². The minimum absolute atomic E-state index is 0.257. The van der Waals surface area contributed by atoms with Crippen LogP contribution in [0.4, 0.5) is 5.69 Å². The third-order valence-corrected chi connectivity index (χ3v) is 3.74. The van der Waals surface area contributed by atoms with E-state index in [-0.39, 0.29) is 6.04 Å². The fraction of sp³-hybridized carbons (Fsp3) is 0.500. The van der Waals surface area contributed by atoms with Gasteiger partial charge in [-0.2, -0.15) is 0 Å². The van der Waals surface area contributed by atoms with Crippen molar-refractivity contribution in [2.45, 2.75) is 39.7 Å². The van der Waals surface area contributed by atoms with Gasteiger partial charge in [0.2, 0.25) is 0 Å². The number of nitrogens with one attached hydrogen (secondary N) is 1. The number of carbonyl (C=O) groups is 1. The zero-order valence-corrected chi connectivity index (χ0v) is 12.6. The van der Waals surface area contributed by atoms with Crippen LogP contribution in [0.25, 0.3) is 0 Å². The third kappa shape index (κ3) is 4.02. The van der Waals surface area contributed by atoms with E-state index in [9.17, 15) is 9.90 Å². The molecule has 0 aliphatic carbocycles. The highest BCUT2D eigenvalue weighted by Gasteiger charge is 2.16. The molecule has 0 spiro atoms. The molecule has 2 atom stereocenters. The highest BCUT2D eigenvalue weighted by molar-refractivity contribution is 9.10. The number of hydrogen-bond acceptors (Lipinski definition) is 2. The summed E-state index contributed by atoms with van der Waals surface area (Å²) in [7, 11) is 0. The summed E-state index contributed by atoms with van der Waals surface area (Å²) in [6.45, 7) is 6.45. The lowest BCUT2D eigenvalue weighted by Gasteiger charge is -2.20. The molecule has 4 heteroatoms. The van der Waals surface area contributed by atoms with Gasteiger partial charge in [0, 0.05) is 10.5 Å². The molecule has 0 heterocycles. The van der Waals surface area contributed by atoms with Crippen LogP contribution in [-0.2, 0) is 0 Å². The number of rotatable bonds is 6. The minimum atomic E-state index is -0.916. The summed E-state index contributed by atoms with van der Waals surface area (Å²) in [6.07, 6.45) is 2.17. The van der Waals surface area contributed by atoms with Crippen LogP contribution in [0, 0.1) is 5.92 Å². The van der Waals surface area contributed by atoms with Gasteiger partial charge in [0.25, 0.3) is 0 Å². The molecular weight excluding hydrogens is 294 g/mol. The molecule has 2 N–H and O–H groups in total. The molecule has 3 nitrogen and oxygen atoms in total. The van der Waals surface area contributed by atoms with Gasteiger partial charge >= 0.3 is 5.97 Å². The predicted octanol–water partition coefficient (Wildman–Crippen LogP) is 4.38. The number of carboxylic acid groups (broad SMARTS) is 1. The van der Waals surface area contributed by atoms with Crippen molar-refractivity contribution >= 4 is 27.6 Å². The number of carboxylic acids is 1. The van der Waals surface area contributed by atoms with Crippen LogP contribution in [0.15, 0.2) is 22.7 Å². The quantitative estimate of drug-likeness (QED) is 0.819. The highest BCUT2D eigenvalue weighted by atomic mass is 79.9. The molecular formula is C14H20BrNO2. The van der Waals surface area contributed by atoms with Crippen molar-refractivity contribution in [1.29, 1.82) is 0 Å². The summed E-state index contributed by atoms with van der Waals surface area (Å²) in [4.78, 5) is 11.2. The first-order chi connectivity index (χ1) is 8.45. The lowest BCUT2D eigenvalue weighted by atomic mass is 10.00. The Balaban J connectivity index is 2.84. The van der Waals surface area contributed by atoms with Gasteiger partial charge in [-0.05, 0) is 47.3 Å². The summed E-state index contributed by atoms with van der Waals surface area (Å²) in [6, 6.07) is 5.65. The van der Waals surface area contributed by atoms with Crippen LogP contribution in [0.1, 0.15) is 44.0 Å². The summed E-state index contributed by atoms with van der Waals surface area (Å²) in [5, 5.41) is 12.5. The number of hydrogen-bond donors (Lipinski definition) is 2. The van der Waals surface area contributed by atoms with E-state index in [1.165, 1.54) is 0 Å². The van der Waals surface area contributed by atoms with E-state index in [0.717, 1.165) is 12.8 Å². The molecule has 0 aliphatic rings. The molecule has 0 radical (unpaired) electrons. The summed E-state index contributed by atoms with van der Waals surface area (Å²) >= 11 is 3.28. The molecule has 0 aliphatic heterocycles. The maximum Gasteiger partial charge on any atom is 0.338 e. The van der Waals surface area contributed by atoms with E-state index < -0.39 is 5.97 Å². The maximum absolute atomic E-state index is 11.2. The SMILES string of the molecule is CCC(C)CC(C)Nc1cccc(Br)c1C(=O)O. The first-order valence-corrected chi connectivity index (χ1v) is 7.03. The monoisotopic (exact) mass is 313 g/mol. The molecule has 1 aromatic rings. The Labute approximate surface area is 117 Å². The van der Waals surface area contributed by atoms with Crippen LogP contribution in [0.2, 0.25) is 0 Å². The van der Waals surface area contributed by atoms with E-state index in [0.29, 0.717) is 21.6 Å². The van der Waals surface area contributed by atoms with Crippen molar-refractivity contribution < 1.29 is 9.90 Å². The van der Waals surface area contributed by atoms with Crippen molar-refractivity contribution in [3.8, 4) is 0 Å². The molecule has 100 valence electrons. The van der Waals surface area contributed by atoms with Crippen molar-refractivity contribution in [3.05, 3.63) is 28.2 Å². The van der Waals surface area contributed by atoms with Crippen molar-refractivity contribution in [2.75, 3.05) is 5.32 Å². The highest BCUT2D eigenvalue weighted by Crippen LogP contribution is 2.26. The second kappa shape index (κ2) is 6.78. The van der Waals surface area contributed by atoms with Gasteiger partial charge in [-0.1, -0.05) is 26.3 Å². The molecule has 18 heavy (non-hydrogen) atoms. The lowest BCUT2D eigenvalue weighted by Crippen LogP contribution is -2.20. The molecule has 1 aromatic carbocycles. The summed E-state index contributed by atoms with van der Waals surface area (Å²) < 4.78 is 0.607. The van der Waals surface area contributed by atoms with Crippen LogP contribution >= 0.6 is 15.9 Å². The van der Waals surface area contributed by atoms with E-state index in [4.69, 9.17) is 0 Å².